The zero-order valence-electron chi connectivity index (χ0n) is 23.4. The van der Waals surface area contributed by atoms with E-state index in [1.807, 2.05) is 85.8 Å². The third-order valence-electron chi connectivity index (χ3n) is 7.69. The average molecular weight is 555 g/mol. The number of guanidine groups is 1. The quantitative estimate of drug-likeness (QED) is 0.413. The van der Waals surface area contributed by atoms with Crippen molar-refractivity contribution in [1.82, 2.24) is 15.1 Å². The second kappa shape index (κ2) is 11.8. The van der Waals surface area contributed by atoms with E-state index in [9.17, 15) is 14.4 Å². The largest absolute Gasteiger partial charge is 0.450 e. The summed E-state index contributed by atoms with van der Waals surface area (Å²) in [4.78, 5) is 46.1. The Morgan fingerprint density at radius 3 is 2.20 bits per heavy atom. The summed E-state index contributed by atoms with van der Waals surface area (Å²) in [6.07, 6.45) is 0.888. The molecule has 0 spiro atoms. The Bertz CT molecular complexity index is 1410. The highest BCUT2D eigenvalue weighted by atomic mass is 16.5. The summed E-state index contributed by atoms with van der Waals surface area (Å²) in [5.41, 5.74) is 9.20. The lowest BCUT2D eigenvalue weighted by molar-refractivity contribution is -0.525. The van der Waals surface area contributed by atoms with Crippen LogP contribution in [0.25, 0.3) is 0 Å². The number of benzene rings is 3. The number of nitrogens with one attached hydrogen (secondary N) is 2. The van der Waals surface area contributed by atoms with Crippen LogP contribution in [0, 0.1) is 6.92 Å². The van der Waals surface area contributed by atoms with Crippen LogP contribution in [0.5, 0.6) is 0 Å². The van der Waals surface area contributed by atoms with E-state index >= 15 is 0 Å². The lowest BCUT2D eigenvalue weighted by Crippen LogP contribution is -2.85. The van der Waals surface area contributed by atoms with Crippen LogP contribution in [0.4, 0.5) is 4.79 Å². The van der Waals surface area contributed by atoms with Crippen LogP contribution in [0.3, 0.4) is 0 Å². The van der Waals surface area contributed by atoms with Gasteiger partial charge in [-0.05, 0) is 49.9 Å². The second-order valence-corrected chi connectivity index (χ2v) is 10.5. The smallest absolute Gasteiger partial charge is 0.407 e. The van der Waals surface area contributed by atoms with Crippen molar-refractivity contribution < 1.29 is 24.1 Å². The minimum absolute atomic E-state index is 0.0205. The standard InChI is InChI=1S/C32H35N5O4/c1-3-41-31(40)34-27-14-16-36(17-15-27)28(38)24-19-22(2)18-23(20-24)21-37-29(39)32(35-30(37)33,25-10-6-4-7-11-25)26-12-8-5-9-13-26/h4-13,18-20,27H,3,14-17,21H2,1-2H3,(H2,33,35)(H,34,40)/p+1. The van der Waals surface area contributed by atoms with Gasteiger partial charge in [0.2, 0.25) is 5.54 Å². The number of alkyl carbamates (subject to hydrolysis) is 1. The number of carbonyl (C=O) groups is 3. The maximum atomic E-state index is 14.2. The number of aryl methyl sites for hydroxylation is 1. The molecule has 3 aromatic carbocycles. The number of nitrogens with two attached hydrogens (primary N) is 1. The van der Waals surface area contributed by atoms with Gasteiger partial charge in [-0.15, -0.1) is 0 Å². The highest BCUT2D eigenvalue weighted by Gasteiger charge is 2.55. The molecule has 0 aliphatic carbocycles. The van der Waals surface area contributed by atoms with Crippen molar-refractivity contribution >= 4 is 23.9 Å². The number of hydrogen-bond donors (Lipinski definition) is 3. The van der Waals surface area contributed by atoms with Crippen molar-refractivity contribution in [2.75, 3.05) is 19.7 Å². The minimum atomic E-state index is -1.16. The molecule has 0 atom stereocenters. The fourth-order valence-corrected chi connectivity index (χ4v) is 5.72. The first-order chi connectivity index (χ1) is 19.8. The van der Waals surface area contributed by atoms with Crippen LogP contribution in [0.15, 0.2) is 78.9 Å². The Morgan fingerprint density at radius 2 is 1.61 bits per heavy atom. The van der Waals surface area contributed by atoms with E-state index < -0.39 is 11.6 Å². The van der Waals surface area contributed by atoms with Crippen molar-refractivity contribution in [3.8, 4) is 0 Å². The fraction of sp³-hybridized carbons (Fsp3) is 0.312. The normalized spacial score (nSPS) is 16.8. The van der Waals surface area contributed by atoms with Crippen LogP contribution in [0.1, 0.15) is 52.4 Å². The predicted octanol–water partition coefficient (Wildman–Crippen LogP) is 2.03. The summed E-state index contributed by atoms with van der Waals surface area (Å²) in [5.74, 6) is 0.00138. The van der Waals surface area contributed by atoms with E-state index in [1.54, 1.807) is 16.7 Å². The third kappa shape index (κ3) is 5.66. The lowest BCUT2D eigenvalue weighted by Gasteiger charge is -2.32. The molecule has 0 aromatic heterocycles. The maximum absolute atomic E-state index is 14.2. The predicted molar refractivity (Wildman–Crippen MR) is 155 cm³/mol. The van der Waals surface area contributed by atoms with Gasteiger partial charge in [0, 0.05) is 35.8 Å². The molecule has 0 radical (unpaired) electrons. The van der Waals surface area contributed by atoms with Gasteiger partial charge < -0.3 is 15.0 Å². The van der Waals surface area contributed by atoms with E-state index in [-0.39, 0.29) is 30.4 Å². The van der Waals surface area contributed by atoms with E-state index in [1.165, 1.54) is 0 Å². The molecule has 4 N–H and O–H groups in total. The minimum Gasteiger partial charge on any atom is -0.450 e. The van der Waals surface area contributed by atoms with Gasteiger partial charge in [0.1, 0.15) is 6.54 Å². The molecule has 3 amide bonds. The fourth-order valence-electron chi connectivity index (χ4n) is 5.72. The Hall–Kier alpha value is -4.66. The molecule has 2 aliphatic rings. The van der Waals surface area contributed by atoms with Crippen LogP contribution < -0.4 is 16.0 Å². The van der Waals surface area contributed by atoms with Crippen LogP contribution in [-0.2, 0) is 21.6 Å². The van der Waals surface area contributed by atoms with Crippen molar-refractivity contribution in [2.24, 2.45) is 5.73 Å². The number of amides is 3. The van der Waals surface area contributed by atoms with Crippen molar-refractivity contribution in [3.63, 3.8) is 0 Å². The molecule has 0 saturated carbocycles. The first-order valence-electron chi connectivity index (χ1n) is 14.0. The Balaban J connectivity index is 1.35. The molecule has 2 heterocycles. The number of rotatable bonds is 7. The first-order valence-corrected chi connectivity index (χ1v) is 14.0. The van der Waals surface area contributed by atoms with E-state index in [0.29, 0.717) is 38.1 Å². The van der Waals surface area contributed by atoms with Gasteiger partial charge in [-0.25, -0.2) is 4.79 Å². The molecule has 3 aromatic rings. The third-order valence-corrected chi connectivity index (χ3v) is 7.69. The van der Waals surface area contributed by atoms with Gasteiger partial charge in [-0.2, -0.15) is 4.90 Å². The molecule has 1 fully saturated rings. The summed E-state index contributed by atoms with van der Waals surface area (Å²) in [6.45, 7) is 5.30. The summed E-state index contributed by atoms with van der Waals surface area (Å²) in [5, 5.41) is 2.86. The van der Waals surface area contributed by atoms with E-state index in [0.717, 1.165) is 22.3 Å². The number of likely N-dealkylation sites (tertiary alicyclic amines) is 1. The number of carbonyl (C=O) groups excluding carboxylic acids is 3. The number of piperidine rings is 1. The molecule has 1 saturated heterocycles. The topological polar surface area (TPSA) is 119 Å². The SMILES string of the molecule is CCOC(=O)NC1CCN(C(=O)c2cc(C)cc(CN3C(=O)C(c4ccccc4)(c4ccccc4)[NH+]=C3N)c2)CC1. The molecule has 9 nitrogen and oxygen atoms in total. The van der Waals surface area contributed by atoms with Crippen molar-refractivity contribution in [2.45, 2.75) is 44.8 Å². The number of ether oxygens (including phenoxy) is 1. The van der Waals surface area contributed by atoms with Gasteiger partial charge >= 0.3 is 18.0 Å². The number of hydrogen-bond acceptors (Lipinski definition) is 5. The molecular formula is C32H36N5O4+. The summed E-state index contributed by atoms with van der Waals surface area (Å²) >= 11 is 0. The van der Waals surface area contributed by atoms with Crippen molar-refractivity contribution in [3.05, 3.63) is 107 Å². The summed E-state index contributed by atoms with van der Waals surface area (Å²) in [7, 11) is 0. The van der Waals surface area contributed by atoms with Crippen LogP contribution in [0.2, 0.25) is 0 Å². The zero-order valence-corrected chi connectivity index (χ0v) is 23.4. The van der Waals surface area contributed by atoms with Gasteiger partial charge in [0.05, 0.1) is 6.61 Å². The van der Waals surface area contributed by atoms with E-state index in [2.05, 4.69) is 10.3 Å². The maximum Gasteiger partial charge on any atom is 0.407 e. The Labute approximate surface area is 240 Å². The highest BCUT2D eigenvalue weighted by molar-refractivity contribution is 6.04. The van der Waals surface area contributed by atoms with Gasteiger partial charge in [0.25, 0.3) is 5.91 Å². The van der Waals surface area contributed by atoms with Gasteiger partial charge in [-0.3, -0.25) is 20.3 Å². The molecule has 2 aliphatic heterocycles. The highest BCUT2D eigenvalue weighted by Crippen LogP contribution is 2.30. The molecule has 9 heteroatoms. The van der Waals surface area contributed by atoms with Gasteiger partial charge in [0.15, 0.2) is 0 Å². The molecule has 0 unspecified atom stereocenters. The van der Waals surface area contributed by atoms with Crippen LogP contribution >= 0.6 is 0 Å². The molecule has 0 bridgehead atoms. The van der Waals surface area contributed by atoms with Crippen LogP contribution in [-0.4, -0.2) is 59.4 Å². The second-order valence-electron chi connectivity index (χ2n) is 10.5. The average Bonchev–Trinajstić information content (AvgIpc) is 3.23. The summed E-state index contributed by atoms with van der Waals surface area (Å²) in [6, 6.07) is 24.8. The molecule has 212 valence electrons. The van der Waals surface area contributed by atoms with E-state index in [4.69, 9.17) is 10.5 Å². The summed E-state index contributed by atoms with van der Waals surface area (Å²) < 4.78 is 4.97. The first kappa shape index (κ1) is 27.9. The number of nitrogens with zero attached hydrogens (tertiary/aromatic N) is 2. The lowest BCUT2D eigenvalue weighted by atomic mass is 9.83. The molecule has 41 heavy (non-hydrogen) atoms. The molecule has 5 rings (SSSR count). The zero-order chi connectivity index (χ0) is 29.0. The van der Waals surface area contributed by atoms with Gasteiger partial charge in [-0.1, -0.05) is 66.7 Å². The molecular weight excluding hydrogens is 518 g/mol. The monoisotopic (exact) mass is 554 g/mol. The Morgan fingerprint density at radius 1 is 1.00 bits per heavy atom. The Kier molecular flexibility index (Phi) is 8.05. The van der Waals surface area contributed by atoms with Crippen molar-refractivity contribution in [1.29, 1.82) is 0 Å².